The fraction of sp³-hybridized carbons (Fsp3) is 0.400. The second-order valence-corrected chi connectivity index (χ2v) is 9.75. The number of benzene rings is 1. The highest BCUT2D eigenvalue weighted by atomic mass is 32.1. The average molecular weight is 408 g/mol. The van der Waals surface area contributed by atoms with E-state index in [0.717, 1.165) is 23.9 Å². The molecule has 0 saturated carbocycles. The SMILES string of the molecule is CC[N+](C)(C)CCCN1C=C/C(=C/c2sc3c([n+]2C)=CCCC=3)c2ccccc21. The van der Waals surface area contributed by atoms with Crippen molar-refractivity contribution in [3.05, 3.63) is 57.0 Å². The van der Waals surface area contributed by atoms with E-state index in [0.29, 0.717) is 0 Å². The normalized spacial score (nSPS) is 17.0. The molecule has 1 aliphatic carbocycles. The van der Waals surface area contributed by atoms with Gasteiger partial charge in [0, 0.05) is 36.5 Å². The maximum Gasteiger partial charge on any atom is 0.263 e. The molecule has 1 aromatic heterocycles. The topological polar surface area (TPSA) is 7.12 Å². The van der Waals surface area contributed by atoms with E-state index in [1.54, 1.807) is 0 Å². The van der Waals surface area contributed by atoms with Crippen LogP contribution in [0.2, 0.25) is 0 Å². The summed E-state index contributed by atoms with van der Waals surface area (Å²) in [6.45, 7) is 5.71. The Morgan fingerprint density at radius 1 is 1.17 bits per heavy atom. The van der Waals surface area contributed by atoms with Gasteiger partial charge in [0.1, 0.15) is 11.6 Å². The molecule has 0 N–H and O–H groups in total. The van der Waals surface area contributed by atoms with Gasteiger partial charge in [-0.3, -0.25) is 0 Å². The molecule has 3 nitrogen and oxygen atoms in total. The predicted octanol–water partition coefficient (Wildman–Crippen LogP) is 3.29. The van der Waals surface area contributed by atoms with E-state index in [-0.39, 0.29) is 0 Å². The molecular weight excluding hydrogens is 374 g/mol. The summed E-state index contributed by atoms with van der Waals surface area (Å²) in [7, 11) is 6.82. The minimum absolute atomic E-state index is 1.06. The number of aromatic nitrogens is 1. The lowest BCUT2D eigenvalue weighted by molar-refractivity contribution is -0.888. The molecule has 2 aliphatic rings. The van der Waals surface area contributed by atoms with Crippen molar-refractivity contribution in [2.24, 2.45) is 7.05 Å². The van der Waals surface area contributed by atoms with Crippen molar-refractivity contribution in [2.75, 3.05) is 38.6 Å². The van der Waals surface area contributed by atoms with E-state index in [1.165, 1.54) is 51.2 Å². The highest BCUT2D eigenvalue weighted by Gasteiger charge is 2.20. The van der Waals surface area contributed by atoms with Crippen LogP contribution < -0.4 is 19.3 Å². The maximum absolute atomic E-state index is 2.42. The molecule has 152 valence electrons. The number of anilines is 1. The van der Waals surface area contributed by atoms with E-state index < -0.39 is 0 Å². The molecule has 0 atom stereocenters. The minimum Gasteiger partial charge on any atom is -0.347 e. The van der Waals surface area contributed by atoms with Gasteiger partial charge in [0.15, 0.2) is 0 Å². The first-order valence-corrected chi connectivity index (χ1v) is 11.6. The van der Waals surface area contributed by atoms with Crippen LogP contribution in [0.4, 0.5) is 5.69 Å². The number of quaternary nitrogens is 1. The Kier molecular flexibility index (Phi) is 5.75. The molecule has 0 unspecified atom stereocenters. The predicted molar refractivity (Wildman–Crippen MR) is 126 cm³/mol. The fourth-order valence-electron chi connectivity index (χ4n) is 4.05. The second-order valence-electron chi connectivity index (χ2n) is 8.69. The lowest BCUT2D eigenvalue weighted by Gasteiger charge is -2.31. The molecule has 0 fully saturated rings. The molecule has 1 aromatic carbocycles. The first kappa shape index (κ1) is 20.1. The lowest BCUT2D eigenvalue weighted by Crippen LogP contribution is -2.51. The van der Waals surface area contributed by atoms with Gasteiger partial charge in [-0.05, 0) is 43.6 Å². The zero-order chi connectivity index (χ0) is 20.4. The number of fused-ring (bicyclic) bond motifs is 2. The fourth-order valence-corrected chi connectivity index (χ4v) is 5.22. The quantitative estimate of drug-likeness (QED) is 0.527. The first-order chi connectivity index (χ1) is 14.0. The average Bonchev–Trinajstić information content (AvgIpc) is 3.05. The van der Waals surface area contributed by atoms with Crippen molar-refractivity contribution in [3.8, 4) is 0 Å². The number of para-hydroxylation sites is 1. The van der Waals surface area contributed by atoms with Gasteiger partial charge in [0.05, 0.1) is 27.2 Å². The standard InChI is InChI=1S/C25H33N3S/c1-5-28(3,4)18-10-16-27-17-15-20(21-11-6-7-12-22(21)27)19-25-26(2)23-13-8-9-14-24(23)29-25/h6-7,11-15,17,19H,5,8-10,16,18H2,1-4H3/q+2. The third kappa shape index (κ3) is 4.24. The minimum atomic E-state index is 1.06. The van der Waals surface area contributed by atoms with Gasteiger partial charge < -0.3 is 9.38 Å². The smallest absolute Gasteiger partial charge is 0.263 e. The second kappa shape index (κ2) is 8.29. The van der Waals surface area contributed by atoms with Crippen LogP contribution in [-0.2, 0) is 7.05 Å². The Balaban J connectivity index is 1.62. The monoisotopic (exact) mass is 407 g/mol. The van der Waals surface area contributed by atoms with Gasteiger partial charge in [-0.15, -0.1) is 0 Å². The van der Waals surface area contributed by atoms with E-state index in [2.05, 4.69) is 92.3 Å². The molecule has 29 heavy (non-hydrogen) atoms. The van der Waals surface area contributed by atoms with Crippen molar-refractivity contribution in [1.82, 2.24) is 0 Å². The van der Waals surface area contributed by atoms with Crippen molar-refractivity contribution < 1.29 is 9.05 Å². The van der Waals surface area contributed by atoms with Crippen molar-refractivity contribution in [3.63, 3.8) is 0 Å². The third-order valence-electron chi connectivity index (χ3n) is 6.25. The Morgan fingerprint density at radius 3 is 2.76 bits per heavy atom. The maximum atomic E-state index is 2.42. The Hall–Kier alpha value is -2.17. The number of thiazole rings is 1. The molecule has 0 radical (unpaired) electrons. The van der Waals surface area contributed by atoms with Crippen molar-refractivity contribution >= 4 is 40.8 Å². The molecule has 4 heteroatoms. The van der Waals surface area contributed by atoms with Crippen LogP contribution >= 0.6 is 11.3 Å². The van der Waals surface area contributed by atoms with Gasteiger partial charge >= 0.3 is 0 Å². The van der Waals surface area contributed by atoms with Crippen LogP contribution in [0, 0.1) is 0 Å². The molecule has 4 rings (SSSR count). The Labute approximate surface area is 178 Å². The van der Waals surface area contributed by atoms with Crippen LogP contribution in [0.3, 0.4) is 0 Å². The Bertz CT molecular complexity index is 1070. The third-order valence-corrected chi connectivity index (χ3v) is 7.45. The number of nitrogens with zero attached hydrogens (tertiary/aromatic N) is 3. The molecule has 1 aliphatic heterocycles. The van der Waals surface area contributed by atoms with Gasteiger partial charge in [-0.1, -0.05) is 35.6 Å². The first-order valence-electron chi connectivity index (χ1n) is 10.8. The summed E-state index contributed by atoms with van der Waals surface area (Å²) in [5.41, 5.74) is 3.96. The lowest BCUT2D eigenvalue weighted by atomic mass is 9.99. The van der Waals surface area contributed by atoms with Crippen molar-refractivity contribution in [2.45, 2.75) is 26.2 Å². The Morgan fingerprint density at radius 2 is 1.97 bits per heavy atom. The van der Waals surface area contributed by atoms with Crippen LogP contribution in [0.5, 0.6) is 0 Å². The van der Waals surface area contributed by atoms with Gasteiger partial charge in [0.2, 0.25) is 5.35 Å². The highest BCUT2D eigenvalue weighted by Crippen LogP contribution is 2.33. The van der Waals surface area contributed by atoms with E-state index in [1.807, 2.05) is 11.3 Å². The number of hydrogen-bond donors (Lipinski definition) is 0. The summed E-state index contributed by atoms with van der Waals surface area (Å²) in [6, 6.07) is 8.83. The zero-order valence-corrected chi connectivity index (χ0v) is 19.0. The summed E-state index contributed by atoms with van der Waals surface area (Å²) >= 11 is 1.90. The van der Waals surface area contributed by atoms with Crippen LogP contribution in [-0.4, -0.2) is 38.2 Å². The van der Waals surface area contributed by atoms with Gasteiger partial charge in [-0.25, -0.2) is 0 Å². The summed E-state index contributed by atoms with van der Waals surface area (Å²) in [4.78, 5) is 2.42. The van der Waals surface area contributed by atoms with Crippen LogP contribution in [0.25, 0.3) is 23.8 Å². The molecule has 0 bridgehead atoms. The molecule has 2 heterocycles. The van der Waals surface area contributed by atoms with Crippen molar-refractivity contribution in [1.29, 1.82) is 0 Å². The molecule has 2 aromatic rings. The zero-order valence-electron chi connectivity index (χ0n) is 18.2. The van der Waals surface area contributed by atoms with E-state index >= 15 is 0 Å². The largest absolute Gasteiger partial charge is 0.347 e. The van der Waals surface area contributed by atoms with E-state index in [4.69, 9.17) is 0 Å². The summed E-state index contributed by atoms with van der Waals surface area (Å²) in [6.07, 6.45) is 15.2. The summed E-state index contributed by atoms with van der Waals surface area (Å²) < 4.78 is 4.84. The number of rotatable bonds is 6. The highest BCUT2D eigenvalue weighted by molar-refractivity contribution is 7.10. The number of allylic oxidation sites excluding steroid dienone is 2. The molecule has 0 saturated heterocycles. The molecular formula is C25H33N3S+2. The van der Waals surface area contributed by atoms with Crippen LogP contribution in [0.15, 0.2) is 36.5 Å². The van der Waals surface area contributed by atoms with Crippen LogP contribution in [0.1, 0.15) is 36.8 Å². The van der Waals surface area contributed by atoms with Gasteiger partial charge in [0.25, 0.3) is 5.01 Å². The van der Waals surface area contributed by atoms with Gasteiger partial charge in [-0.2, -0.15) is 4.57 Å². The molecule has 0 amide bonds. The number of hydrogen-bond acceptors (Lipinski definition) is 2. The summed E-state index contributed by atoms with van der Waals surface area (Å²) in [5, 5.41) is 2.69. The summed E-state index contributed by atoms with van der Waals surface area (Å²) in [5.74, 6) is 0. The molecule has 0 spiro atoms. The van der Waals surface area contributed by atoms with E-state index in [9.17, 15) is 0 Å².